The maximum atomic E-state index is 6.01. The van der Waals surface area contributed by atoms with Crippen LogP contribution in [0.25, 0.3) is 0 Å². The van der Waals surface area contributed by atoms with E-state index in [-0.39, 0.29) is 0 Å². The Kier molecular flexibility index (Phi) is 5.98. The number of hydrogen-bond donors (Lipinski definition) is 2. The third-order valence-electron chi connectivity index (χ3n) is 2.02. The summed E-state index contributed by atoms with van der Waals surface area (Å²) in [4.78, 5) is 2.07. The van der Waals surface area contributed by atoms with Crippen molar-refractivity contribution in [3.8, 4) is 0 Å². The van der Waals surface area contributed by atoms with Gasteiger partial charge in [0.1, 0.15) is 0 Å². The fourth-order valence-electron chi connectivity index (χ4n) is 1.15. The van der Waals surface area contributed by atoms with Crippen LogP contribution in [-0.4, -0.2) is 37.2 Å². The summed E-state index contributed by atoms with van der Waals surface area (Å²) in [6.45, 7) is 1.68. The number of likely N-dealkylation sites (N-methyl/N-ethyl adjacent to an activating group) is 1. The molecule has 0 fully saturated rings. The minimum atomic E-state index is 0.538. The first-order chi connectivity index (χ1) is 7.99. The van der Waals surface area contributed by atoms with Crippen molar-refractivity contribution in [3.05, 3.63) is 28.2 Å². The summed E-state index contributed by atoms with van der Waals surface area (Å²) in [6, 6.07) is 5.20. The van der Waals surface area contributed by atoms with Crippen molar-refractivity contribution in [2.45, 2.75) is 0 Å². The average Bonchev–Trinajstić information content (AvgIpc) is 2.23. The van der Waals surface area contributed by atoms with Gasteiger partial charge in [-0.2, -0.15) is 0 Å². The maximum absolute atomic E-state index is 6.01. The van der Waals surface area contributed by atoms with E-state index in [2.05, 4.69) is 15.5 Å². The van der Waals surface area contributed by atoms with Gasteiger partial charge in [0.05, 0.1) is 10.7 Å². The predicted molar refractivity (Wildman–Crippen MR) is 79.2 cm³/mol. The Labute approximate surface area is 117 Å². The number of benzene rings is 1. The van der Waals surface area contributed by atoms with E-state index in [0.29, 0.717) is 20.8 Å². The number of nitrogens with zero attached hydrogens (tertiary/aromatic N) is 1. The molecule has 94 valence electrons. The highest BCUT2D eigenvalue weighted by atomic mass is 35.5. The van der Waals surface area contributed by atoms with E-state index in [1.165, 1.54) is 0 Å². The van der Waals surface area contributed by atoms with Gasteiger partial charge in [0.2, 0.25) is 0 Å². The van der Waals surface area contributed by atoms with E-state index in [4.69, 9.17) is 35.4 Å². The Balaban J connectivity index is 2.47. The molecule has 0 bridgehead atoms. The highest BCUT2D eigenvalue weighted by molar-refractivity contribution is 7.80. The summed E-state index contributed by atoms with van der Waals surface area (Å²) < 4.78 is 0. The topological polar surface area (TPSA) is 27.3 Å². The Hall–Kier alpha value is -0.550. The molecule has 3 nitrogen and oxygen atoms in total. The van der Waals surface area contributed by atoms with Crippen LogP contribution in [0.4, 0.5) is 5.69 Å². The molecule has 0 heterocycles. The van der Waals surface area contributed by atoms with Crippen LogP contribution in [-0.2, 0) is 0 Å². The van der Waals surface area contributed by atoms with Crippen molar-refractivity contribution in [2.24, 2.45) is 0 Å². The van der Waals surface area contributed by atoms with Crippen LogP contribution < -0.4 is 10.6 Å². The molecule has 1 aromatic carbocycles. The monoisotopic (exact) mass is 291 g/mol. The number of thiocarbonyl (C=S) groups is 1. The van der Waals surface area contributed by atoms with Crippen molar-refractivity contribution in [1.29, 1.82) is 0 Å². The van der Waals surface area contributed by atoms with Crippen LogP contribution in [0.2, 0.25) is 10.0 Å². The van der Waals surface area contributed by atoms with Gasteiger partial charge in [-0.1, -0.05) is 23.2 Å². The van der Waals surface area contributed by atoms with Crippen LogP contribution in [0.1, 0.15) is 0 Å². The smallest absolute Gasteiger partial charge is 0.170 e. The zero-order chi connectivity index (χ0) is 12.8. The predicted octanol–water partition coefficient (Wildman–Crippen LogP) is 2.84. The lowest BCUT2D eigenvalue weighted by Gasteiger charge is -2.14. The molecular formula is C11H15Cl2N3S. The Morgan fingerprint density at radius 1 is 1.35 bits per heavy atom. The molecule has 17 heavy (non-hydrogen) atoms. The molecule has 0 aromatic heterocycles. The zero-order valence-electron chi connectivity index (χ0n) is 9.76. The summed E-state index contributed by atoms with van der Waals surface area (Å²) in [5.41, 5.74) is 0.710. The highest BCUT2D eigenvalue weighted by Gasteiger charge is 2.03. The molecule has 0 radical (unpaired) electrons. The van der Waals surface area contributed by atoms with E-state index in [0.717, 1.165) is 13.1 Å². The molecule has 0 amide bonds. The molecule has 0 unspecified atom stereocenters. The number of hydrogen-bond acceptors (Lipinski definition) is 2. The zero-order valence-corrected chi connectivity index (χ0v) is 12.1. The van der Waals surface area contributed by atoms with Gasteiger partial charge in [0.25, 0.3) is 0 Å². The molecule has 1 aromatic rings. The fourth-order valence-corrected chi connectivity index (χ4v) is 1.70. The Bertz CT molecular complexity index is 396. The van der Waals surface area contributed by atoms with Crippen LogP contribution in [0.5, 0.6) is 0 Å². The second kappa shape index (κ2) is 7.01. The minimum Gasteiger partial charge on any atom is -0.361 e. The maximum Gasteiger partial charge on any atom is 0.170 e. The number of halogens is 2. The van der Waals surface area contributed by atoms with Crippen LogP contribution in [0.15, 0.2) is 18.2 Å². The van der Waals surface area contributed by atoms with Crippen molar-refractivity contribution < 1.29 is 0 Å². The lowest BCUT2D eigenvalue weighted by atomic mass is 10.3. The third kappa shape index (κ3) is 5.55. The van der Waals surface area contributed by atoms with Crippen LogP contribution in [0.3, 0.4) is 0 Å². The van der Waals surface area contributed by atoms with E-state index in [1.807, 2.05) is 14.1 Å². The van der Waals surface area contributed by atoms with Crippen molar-refractivity contribution in [2.75, 3.05) is 32.5 Å². The van der Waals surface area contributed by atoms with Gasteiger partial charge in [0.15, 0.2) is 5.11 Å². The number of rotatable bonds is 4. The molecule has 6 heteroatoms. The van der Waals surface area contributed by atoms with Crippen molar-refractivity contribution >= 4 is 46.2 Å². The second-order valence-electron chi connectivity index (χ2n) is 3.81. The van der Waals surface area contributed by atoms with Crippen LogP contribution in [0, 0.1) is 0 Å². The summed E-state index contributed by atoms with van der Waals surface area (Å²) >= 11 is 17.0. The number of nitrogens with one attached hydrogen (secondary N) is 2. The quantitative estimate of drug-likeness (QED) is 0.835. The summed E-state index contributed by atoms with van der Waals surface area (Å²) in [5.74, 6) is 0. The van der Waals surface area contributed by atoms with E-state index in [1.54, 1.807) is 18.2 Å². The van der Waals surface area contributed by atoms with Gasteiger partial charge in [-0.05, 0) is 44.5 Å². The van der Waals surface area contributed by atoms with Gasteiger partial charge in [-0.3, -0.25) is 0 Å². The summed E-state index contributed by atoms with van der Waals surface area (Å²) in [6.07, 6.45) is 0. The molecule has 1 rings (SSSR count). The Morgan fingerprint density at radius 3 is 2.71 bits per heavy atom. The highest BCUT2D eigenvalue weighted by Crippen LogP contribution is 2.25. The first-order valence-electron chi connectivity index (χ1n) is 5.13. The van der Waals surface area contributed by atoms with E-state index >= 15 is 0 Å². The standard InChI is InChI=1S/C11H15Cl2N3S/c1-16(2)6-5-14-11(17)15-10-7-8(12)3-4-9(10)13/h3-4,7H,5-6H2,1-2H3,(H2,14,15,17). The van der Waals surface area contributed by atoms with Gasteiger partial charge >= 0.3 is 0 Å². The minimum absolute atomic E-state index is 0.538. The lowest BCUT2D eigenvalue weighted by Crippen LogP contribution is -2.34. The molecule has 0 aliphatic heterocycles. The molecule has 0 saturated heterocycles. The van der Waals surface area contributed by atoms with Gasteiger partial charge in [0, 0.05) is 18.1 Å². The summed E-state index contributed by atoms with van der Waals surface area (Å²) in [5, 5.41) is 7.84. The van der Waals surface area contributed by atoms with Gasteiger partial charge < -0.3 is 15.5 Å². The van der Waals surface area contributed by atoms with Crippen molar-refractivity contribution in [3.63, 3.8) is 0 Å². The third-order valence-corrected chi connectivity index (χ3v) is 2.83. The SMILES string of the molecule is CN(C)CCNC(=S)Nc1cc(Cl)ccc1Cl. The normalized spacial score (nSPS) is 10.4. The van der Waals surface area contributed by atoms with Crippen LogP contribution >= 0.6 is 35.4 Å². The molecule has 0 aliphatic carbocycles. The lowest BCUT2D eigenvalue weighted by molar-refractivity contribution is 0.413. The summed E-state index contributed by atoms with van der Waals surface area (Å²) in [7, 11) is 4.01. The van der Waals surface area contributed by atoms with E-state index in [9.17, 15) is 0 Å². The molecule has 0 atom stereocenters. The van der Waals surface area contributed by atoms with Crippen molar-refractivity contribution in [1.82, 2.24) is 10.2 Å². The Morgan fingerprint density at radius 2 is 2.06 bits per heavy atom. The molecule has 0 aliphatic rings. The van der Waals surface area contributed by atoms with E-state index < -0.39 is 0 Å². The molecule has 2 N–H and O–H groups in total. The molecule has 0 saturated carbocycles. The van der Waals surface area contributed by atoms with Gasteiger partial charge in [-0.25, -0.2) is 0 Å². The average molecular weight is 292 g/mol. The number of anilines is 1. The molecular weight excluding hydrogens is 277 g/mol. The first-order valence-corrected chi connectivity index (χ1v) is 6.30. The second-order valence-corrected chi connectivity index (χ2v) is 5.06. The first kappa shape index (κ1) is 14.5. The molecule has 0 spiro atoms. The van der Waals surface area contributed by atoms with Gasteiger partial charge in [-0.15, -0.1) is 0 Å². The largest absolute Gasteiger partial charge is 0.361 e. The fraction of sp³-hybridized carbons (Fsp3) is 0.364.